The third-order valence-corrected chi connectivity index (χ3v) is 5.41. The lowest BCUT2D eigenvalue weighted by molar-refractivity contribution is 0.408. The summed E-state index contributed by atoms with van der Waals surface area (Å²) in [5.74, 6) is 0. The summed E-state index contributed by atoms with van der Waals surface area (Å²) < 4.78 is 0.0412. The minimum atomic E-state index is -0.185. The molecule has 0 aliphatic rings. The fourth-order valence-electron chi connectivity index (χ4n) is 1.44. The molecule has 0 rings (SSSR count). The molecule has 0 heterocycles. The van der Waals surface area contributed by atoms with Crippen molar-refractivity contribution in [2.24, 2.45) is 5.73 Å². The zero-order valence-electron chi connectivity index (χ0n) is 8.58. The van der Waals surface area contributed by atoms with Crippen LogP contribution in [0.1, 0.15) is 40.5 Å². The highest BCUT2D eigenvalue weighted by Gasteiger charge is 2.39. The molecule has 0 spiro atoms. The summed E-state index contributed by atoms with van der Waals surface area (Å²) in [5.41, 5.74) is 7.20. The smallest absolute Gasteiger partial charge is 0.0598 e. The molecule has 0 radical (unpaired) electrons. The van der Waals surface area contributed by atoms with E-state index >= 15 is 0 Å². The first-order valence-electron chi connectivity index (χ1n) is 4.45. The van der Waals surface area contributed by atoms with Gasteiger partial charge in [-0.1, -0.05) is 48.6 Å². The van der Waals surface area contributed by atoms with Crippen LogP contribution < -0.4 is 5.73 Å². The van der Waals surface area contributed by atoms with E-state index in [0.29, 0.717) is 0 Å². The van der Waals surface area contributed by atoms with Gasteiger partial charge in [0.25, 0.3) is 0 Å². The summed E-state index contributed by atoms with van der Waals surface area (Å²) in [5, 5.41) is 0. The molecule has 0 aliphatic carbocycles. The highest BCUT2D eigenvalue weighted by atomic mass is 127. The zero-order valence-corrected chi connectivity index (χ0v) is 10.7. The van der Waals surface area contributed by atoms with Gasteiger partial charge in [0.1, 0.15) is 0 Å². The molecule has 0 aromatic rings. The Kier molecular flexibility index (Phi) is 4.24. The molecule has 0 fully saturated rings. The lowest BCUT2D eigenvalue weighted by Gasteiger charge is -2.40. The van der Waals surface area contributed by atoms with Gasteiger partial charge in [-0.15, -0.1) is 0 Å². The number of rotatable bonds is 4. The van der Waals surface area contributed by atoms with Crippen LogP contribution in [-0.2, 0) is 0 Å². The van der Waals surface area contributed by atoms with Crippen LogP contribution in [0.5, 0.6) is 0 Å². The number of halogens is 1. The van der Waals surface area contributed by atoms with E-state index in [4.69, 9.17) is 5.73 Å². The molecule has 2 N–H and O–H groups in total. The molecule has 2 heteroatoms. The third-order valence-electron chi connectivity index (χ3n) is 2.50. The predicted octanol–water partition coefficient (Wildman–Crippen LogP) is 3.27. The Balaban J connectivity index is 4.80. The van der Waals surface area contributed by atoms with Gasteiger partial charge < -0.3 is 5.73 Å². The first-order valence-corrected chi connectivity index (χ1v) is 5.53. The van der Waals surface area contributed by atoms with E-state index in [-0.39, 0.29) is 8.96 Å². The standard InChI is InChI=1S/C10H20IN/c1-6-8(3)10(11,7-2)9(4,5)12/h3,6-7,12H2,1-2,4-5H3. The van der Waals surface area contributed by atoms with E-state index in [2.05, 4.69) is 56.9 Å². The van der Waals surface area contributed by atoms with Gasteiger partial charge >= 0.3 is 0 Å². The largest absolute Gasteiger partial charge is 0.324 e. The molecule has 0 aromatic heterocycles. The van der Waals surface area contributed by atoms with Crippen molar-refractivity contribution >= 4 is 22.6 Å². The summed E-state index contributed by atoms with van der Waals surface area (Å²) in [6, 6.07) is 0. The van der Waals surface area contributed by atoms with Gasteiger partial charge in [-0.05, 0) is 26.7 Å². The number of hydrogen-bond acceptors (Lipinski definition) is 1. The topological polar surface area (TPSA) is 26.0 Å². The Morgan fingerprint density at radius 2 is 1.83 bits per heavy atom. The fourth-order valence-corrected chi connectivity index (χ4v) is 1.82. The second-order valence-corrected chi connectivity index (χ2v) is 5.68. The van der Waals surface area contributed by atoms with Gasteiger partial charge in [0.05, 0.1) is 3.42 Å². The third kappa shape index (κ3) is 2.22. The number of alkyl halides is 1. The molecule has 0 bridgehead atoms. The van der Waals surface area contributed by atoms with Gasteiger partial charge in [0.15, 0.2) is 0 Å². The van der Waals surface area contributed by atoms with Crippen molar-refractivity contribution in [1.29, 1.82) is 0 Å². The molecular formula is C10H20IN. The van der Waals surface area contributed by atoms with E-state index in [9.17, 15) is 0 Å². The molecule has 0 amide bonds. The van der Waals surface area contributed by atoms with Crippen LogP contribution >= 0.6 is 22.6 Å². The summed E-state index contributed by atoms with van der Waals surface area (Å²) in [6.45, 7) is 12.5. The van der Waals surface area contributed by atoms with E-state index in [1.807, 2.05) is 0 Å². The van der Waals surface area contributed by atoms with E-state index in [1.165, 1.54) is 5.57 Å². The molecular weight excluding hydrogens is 261 g/mol. The van der Waals surface area contributed by atoms with Crippen LogP contribution in [0.4, 0.5) is 0 Å². The SMILES string of the molecule is C=C(CC)C(I)(CC)C(C)(C)N. The summed E-state index contributed by atoms with van der Waals surface area (Å²) in [4.78, 5) is 0. The maximum absolute atomic E-state index is 6.13. The van der Waals surface area contributed by atoms with Gasteiger partial charge in [-0.2, -0.15) is 0 Å². The summed E-state index contributed by atoms with van der Waals surface area (Å²) in [7, 11) is 0. The normalized spacial score (nSPS) is 17.2. The maximum Gasteiger partial charge on any atom is 0.0598 e. The van der Waals surface area contributed by atoms with Crippen molar-refractivity contribution in [1.82, 2.24) is 0 Å². The minimum absolute atomic E-state index is 0.0412. The lowest BCUT2D eigenvalue weighted by Crippen LogP contribution is -2.52. The van der Waals surface area contributed by atoms with Crippen LogP contribution in [0, 0.1) is 0 Å². The Morgan fingerprint density at radius 3 is 1.92 bits per heavy atom. The molecule has 12 heavy (non-hydrogen) atoms. The Hall–Kier alpha value is 0.430. The Morgan fingerprint density at radius 1 is 1.42 bits per heavy atom. The van der Waals surface area contributed by atoms with Crippen molar-refractivity contribution in [3.05, 3.63) is 12.2 Å². The van der Waals surface area contributed by atoms with Crippen molar-refractivity contribution in [2.45, 2.75) is 49.5 Å². The highest BCUT2D eigenvalue weighted by molar-refractivity contribution is 14.1. The quantitative estimate of drug-likeness (QED) is 0.477. The van der Waals surface area contributed by atoms with Crippen LogP contribution in [-0.4, -0.2) is 8.96 Å². The van der Waals surface area contributed by atoms with Crippen LogP contribution in [0.25, 0.3) is 0 Å². The van der Waals surface area contributed by atoms with Gasteiger partial charge in [0, 0.05) is 5.54 Å². The van der Waals surface area contributed by atoms with Gasteiger partial charge in [-0.3, -0.25) is 0 Å². The van der Waals surface area contributed by atoms with Crippen LogP contribution in [0.2, 0.25) is 0 Å². The molecule has 0 saturated carbocycles. The molecule has 1 atom stereocenters. The van der Waals surface area contributed by atoms with Crippen LogP contribution in [0.15, 0.2) is 12.2 Å². The highest BCUT2D eigenvalue weighted by Crippen LogP contribution is 2.40. The average molecular weight is 281 g/mol. The number of nitrogens with two attached hydrogens (primary N) is 1. The molecule has 0 aromatic carbocycles. The van der Waals surface area contributed by atoms with Crippen molar-refractivity contribution in [3.8, 4) is 0 Å². The van der Waals surface area contributed by atoms with Gasteiger partial charge in [0.2, 0.25) is 0 Å². The van der Waals surface area contributed by atoms with Crippen molar-refractivity contribution in [3.63, 3.8) is 0 Å². The molecule has 1 nitrogen and oxygen atoms in total. The van der Waals surface area contributed by atoms with Crippen molar-refractivity contribution in [2.75, 3.05) is 0 Å². The first-order chi connectivity index (χ1) is 5.29. The summed E-state index contributed by atoms with van der Waals surface area (Å²) in [6.07, 6.45) is 2.06. The van der Waals surface area contributed by atoms with E-state index in [0.717, 1.165) is 12.8 Å². The number of hydrogen-bond donors (Lipinski definition) is 1. The Labute approximate surface area is 89.9 Å². The molecule has 1 unspecified atom stereocenters. The Bertz CT molecular complexity index is 169. The fraction of sp³-hybridized carbons (Fsp3) is 0.800. The average Bonchev–Trinajstić information content (AvgIpc) is 1.99. The van der Waals surface area contributed by atoms with Crippen LogP contribution in [0.3, 0.4) is 0 Å². The van der Waals surface area contributed by atoms with E-state index in [1.54, 1.807) is 0 Å². The molecule has 72 valence electrons. The zero-order chi connectivity index (χ0) is 9.99. The molecule has 0 saturated heterocycles. The minimum Gasteiger partial charge on any atom is -0.324 e. The second kappa shape index (κ2) is 4.09. The van der Waals surface area contributed by atoms with E-state index < -0.39 is 0 Å². The summed E-state index contributed by atoms with van der Waals surface area (Å²) >= 11 is 2.45. The molecule has 0 aliphatic heterocycles. The predicted molar refractivity (Wildman–Crippen MR) is 64.7 cm³/mol. The lowest BCUT2D eigenvalue weighted by atomic mass is 9.80. The monoisotopic (exact) mass is 281 g/mol. The first kappa shape index (κ1) is 12.4. The maximum atomic E-state index is 6.13. The second-order valence-electron chi connectivity index (χ2n) is 3.83. The van der Waals surface area contributed by atoms with Gasteiger partial charge in [-0.25, -0.2) is 0 Å². The van der Waals surface area contributed by atoms with Crippen molar-refractivity contribution < 1.29 is 0 Å².